The van der Waals surface area contributed by atoms with E-state index < -0.39 is 0 Å². The van der Waals surface area contributed by atoms with Gasteiger partial charge in [-0.2, -0.15) is 5.10 Å². The summed E-state index contributed by atoms with van der Waals surface area (Å²) in [5.74, 6) is 0.390. The molecule has 0 atom stereocenters. The number of carbonyl (C=O) groups is 1. The number of ether oxygens (including phenoxy) is 1. The molecule has 1 N–H and O–H groups in total. The van der Waals surface area contributed by atoms with E-state index in [0.29, 0.717) is 35.2 Å². The highest BCUT2D eigenvalue weighted by atomic mass is 35.5. The van der Waals surface area contributed by atoms with Crippen molar-refractivity contribution in [2.45, 2.75) is 39.0 Å². The van der Waals surface area contributed by atoms with Crippen LogP contribution in [0.3, 0.4) is 0 Å². The summed E-state index contributed by atoms with van der Waals surface area (Å²) in [6.45, 7) is 6.88. The minimum atomic E-state index is -0.164. The second-order valence-electron chi connectivity index (χ2n) is 7.19. The van der Waals surface area contributed by atoms with Gasteiger partial charge < -0.3 is 4.74 Å². The molecule has 0 aromatic heterocycles. The molecule has 144 valence electrons. The Labute approximate surface area is 170 Å². The van der Waals surface area contributed by atoms with Crippen molar-refractivity contribution in [3.8, 4) is 5.75 Å². The number of nitrogens with zero attached hydrogens (tertiary/aromatic N) is 1. The van der Waals surface area contributed by atoms with Crippen LogP contribution in [0.25, 0.3) is 0 Å². The largest absolute Gasteiger partial charge is 0.492 e. The maximum atomic E-state index is 11.8. The molecule has 2 aromatic carbocycles. The lowest BCUT2D eigenvalue weighted by Crippen LogP contribution is -2.18. The predicted octanol–water partition coefficient (Wildman–Crippen LogP) is 5.60. The van der Waals surface area contributed by atoms with Gasteiger partial charge in [-0.1, -0.05) is 68.2 Å². The molecular formula is C21H24Cl2N2O2. The van der Waals surface area contributed by atoms with E-state index in [-0.39, 0.29) is 11.3 Å². The van der Waals surface area contributed by atoms with Crippen LogP contribution in [0.15, 0.2) is 47.6 Å². The van der Waals surface area contributed by atoms with Crippen molar-refractivity contribution in [1.29, 1.82) is 0 Å². The number of benzene rings is 2. The van der Waals surface area contributed by atoms with Crippen molar-refractivity contribution in [2.75, 3.05) is 6.61 Å². The van der Waals surface area contributed by atoms with Gasteiger partial charge in [-0.15, -0.1) is 0 Å². The van der Waals surface area contributed by atoms with Gasteiger partial charge in [-0.25, -0.2) is 5.43 Å². The molecule has 6 heteroatoms. The summed E-state index contributed by atoms with van der Waals surface area (Å²) in [6.07, 6.45) is 2.50. The standard InChI is InChI=1S/C21H24Cl2N2O2/c1-21(2,3)16-8-6-15(7-9-16)14-24-25-20(26)5-4-12-27-19-11-10-17(22)13-18(19)23/h6-11,13-14H,4-5,12H2,1-3H3,(H,25,26). The van der Waals surface area contributed by atoms with Crippen LogP contribution in [0.5, 0.6) is 5.75 Å². The van der Waals surface area contributed by atoms with Crippen molar-refractivity contribution in [3.63, 3.8) is 0 Å². The van der Waals surface area contributed by atoms with Crippen LogP contribution in [-0.2, 0) is 10.2 Å². The number of nitrogens with one attached hydrogen (secondary N) is 1. The average Bonchev–Trinajstić information content (AvgIpc) is 2.60. The first-order valence-corrected chi connectivity index (χ1v) is 9.51. The fourth-order valence-corrected chi connectivity index (χ4v) is 2.77. The van der Waals surface area contributed by atoms with E-state index in [9.17, 15) is 4.79 Å². The monoisotopic (exact) mass is 406 g/mol. The summed E-state index contributed by atoms with van der Waals surface area (Å²) in [6, 6.07) is 13.1. The lowest BCUT2D eigenvalue weighted by atomic mass is 9.87. The maximum Gasteiger partial charge on any atom is 0.240 e. The molecule has 1 amide bonds. The van der Waals surface area contributed by atoms with E-state index in [0.717, 1.165) is 5.56 Å². The molecule has 0 spiro atoms. The summed E-state index contributed by atoms with van der Waals surface area (Å²) in [5, 5.41) is 5.00. The Balaban J connectivity index is 1.70. The Morgan fingerprint density at radius 2 is 1.85 bits per heavy atom. The van der Waals surface area contributed by atoms with Gasteiger partial charge in [0.1, 0.15) is 5.75 Å². The Morgan fingerprint density at radius 1 is 1.15 bits per heavy atom. The lowest BCUT2D eigenvalue weighted by molar-refractivity contribution is -0.121. The molecule has 27 heavy (non-hydrogen) atoms. The first-order chi connectivity index (χ1) is 12.8. The van der Waals surface area contributed by atoms with E-state index in [2.05, 4.69) is 43.4 Å². The molecule has 0 saturated carbocycles. The van der Waals surface area contributed by atoms with E-state index in [4.69, 9.17) is 27.9 Å². The first kappa shape index (κ1) is 21.3. The van der Waals surface area contributed by atoms with E-state index >= 15 is 0 Å². The molecule has 0 heterocycles. The third-order valence-corrected chi connectivity index (χ3v) is 4.41. The van der Waals surface area contributed by atoms with Crippen LogP contribution < -0.4 is 10.2 Å². The zero-order valence-electron chi connectivity index (χ0n) is 15.8. The van der Waals surface area contributed by atoms with Crippen LogP contribution in [0.2, 0.25) is 10.0 Å². The van der Waals surface area contributed by atoms with Gasteiger partial charge in [0.25, 0.3) is 0 Å². The molecule has 0 aliphatic heterocycles. The highest BCUT2D eigenvalue weighted by Gasteiger charge is 2.12. The quantitative estimate of drug-likeness (QED) is 0.369. The van der Waals surface area contributed by atoms with Crippen molar-refractivity contribution in [1.82, 2.24) is 5.43 Å². The van der Waals surface area contributed by atoms with Gasteiger partial charge in [-0.3, -0.25) is 4.79 Å². The molecule has 2 aromatic rings. The summed E-state index contributed by atoms with van der Waals surface area (Å²) < 4.78 is 5.55. The molecule has 0 aliphatic carbocycles. The summed E-state index contributed by atoms with van der Waals surface area (Å²) in [5.41, 5.74) is 4.83. The molecule has 2 rings (SSSR count). The van der Waals surface area contributed by atoms with Gasteiger partial charge in [0, 0.05) is 11.4 Å². The summed E-state index contributed by atoms with van der Waals surface area (Å²) >= 11 is 11.9. The number of halogens is 2. The molecule has 0 aliphatic rings. The smallest absolute Gasteiger partial charge is 0.240 e. The van der Waals surface area contributed by atoms with E-state index in [1.807, 2.05) is 12.1 Å². The van der Waals surface area contributed by atoms with Crippen LogP contribution in [0.4, 0.5) is 0 Å². The molecule has 0 radical (unpaired) electrons. The summed E-state index contributed by atoms with van der Waals surface area (Å²) in [4.78, 5) is 11.8. The van der Waals surface area contributed by atoms with Gasteiger partial charge in [0.2, 0.25) is 5.91 Å². The Hall–Kier alpha value is -2.04. The molecule has 4 nitrogen and oxygen atoms in total. The number of rotatable bonds is 7. The molecular weight excluding hydrogens is 383 g/mol. The fraction of sp³-hybridized carbons (Fsp3) is 0.333. The van der Waals surface area contributed by atoms with Crippen LogP contribution in [-0.4, -0.2) is 18.7 Å². The van der Waals surface area contributed by atoms with Crippen LogP contribution in [0.1, 0.15) is 44.7 Å². The molecule has 0 saturated heterocycles. The number of carbonyl (C=O) groups excluding carboxylic acids is 1. The first-order valence-electron chi connectivity index (χ1n) is 8.76. The predicted molar refractivity (Wildman–Crippen MR) is 112 cm³/mol. The highest BCUT2D eigenvalue weighted by molar-refractivity contribution is 6.35. The summed E-state index contributed by atoms with van der Waals surface area (Å²) in [7, 11) is 0. The average molecular weight is 407 g/mol. The maximum absolute atomic E-state index is 11.8. The Morgan fingerprint density at radius 3 is 2.48 bits per heavy atom. The number of hydrazone groups is 1. The zero-order valence-corrected chi connectivity index (χ0v) is 17.3. The Bertz CT molecular complexity index is 797. The number of hydrogen-bond acceptors (Lipinski definition) is 3. The van der Waals surface area contributed by atoms with Crippen molar-refractivity contribution in [2.24, 2.45) is 5.10 Å². The Kier molecular flexibility index (Phi) is 7.69. The lowest BCUT2D eigenvalue weighted by Gasteiger charge is -2.18. The van der Waals surface area contributed by atoms with Gasteiger partial charge in [0.05, 0.1) is 17.8 Å². The third-order valence-electron chi connectivity index (χ3n) is 3.88. The number of hydrogen-bond donors (Lipinski definition) is 1. The minimum Gasteiger partial charge on any atom is -0.492 e. The zero-order chi connectivity index (χ0) is 19.9. The fourth-order valence-electron chi connectivity index (χ4n) is 2.31. The van der Waals surface area contributed by atoms with Crippen LogP contribution in [0, 0.1) is 0 Å². The molecule has 0 fully saturated rings. The number of amides is 1. The van der Waals surface area contributed by atoms with Crippen LogP contribution >= 0.6 is 23.2 Å². The second-order valence-corrected chi connectivity index (χ2v) is 8.04. The van der Waals surface area contributed by atoms with Crippen molar-refractivity contribution < 1.29 is 9.53 Å². The normalized spacial score (nSPS) is 11.6. The topological polar surface area (TPSA) is 50.7 Å². The molecule has 0 unspecified atom stereocenters. The van der Waals surface area contributed by atoms with Crippen molar-refractivity contribution >= 4 is 35.3 Å². The SMILES string of the molecule is CC(C)(C)c1ccc(C=NNC(=O)CCCOc2ccc(Cl)cc2Cl)cc1. The van der Waals surface area contributed by atoms with E-state index in [1.54, 1.807) is 24.4 Å². The second kappa shape index (κ2) is 9.77. The third kappa shape index (κ3) is 7.24. The van der Waals surface area contributed by atoms with E-state index in [1.165, 1.54) is 5.56 Å². The molecule has 0 bridgehead atoms. The van der Waals surface area contributed by atoms with Gasteiger partial charge in [0.15, 0.2) is 0 Å². The highest BCUT2D eigenvalue weighted by Crippen LogP contribution is 2.27. The van der Waals surface area contributed by atoms with Gasteiger partial charge >= 0.3 is 0 Å². The minimum absolute atomic E-state index is 0.113. The van der Waals surface area contributed by atoms with Gasteiger partial charge in [-0.05, 0) is 41.2 Å². The van der Waals surface area contributed by atoms with Crippen molar-refractivity contribution in [3.05, 3.63) is 63.6 Å².